The van der Waals surface area contributed by atoms with Gasteiger partial charge < -0.3 is 19.7 Å². The second-order valence-electron chi connectivity index (χ2n) is 6.58. The van der Waals surface area contributed by atoms with Gasteiger partial charge in [0.25, 0.3) is 0 Å². The first-order chi connectivity index (χ1) is 11.6. The van der Waals surface area contributed by atoms with Gasteiger partial charge in [0.1, 0.15) is 6.10 Å². The fourth-order valence-corrected chi connectivity index (χ4v) is 3.56. The summed E-state index contributed by atoms with van der Waals surface area (Å²) in [6.45, 7) is 8.15. The van der Waals surface area contributed by atoms with Gasteiger partial charge in [-0.3, -0.25) is 9.67 Å². The summed E-state index contributed by atoms with van der Waals surface area (Å²) in [7, 11) is 3.82. The molecule has 2 saturated heterocycles. The lowest BCUT2D eigenvalue weighted by Crippen LogP contribution is -2.53. The largest absolute Gasteiger partial charge is 0.375 e. The van der Waals surface area contributed by atoms with E-state index in [1.807, 2.05) is 18.8 Å². The average Bonchev–Trinajstić information content (AvgIpc) is 3.20. The molecule has 7 nitrogen and oxygen atoms in total. The molecule has 0 saturated carbocycles. The van der Waals surface area contributed by atoms with Gasteiger partial charge in [0.2, 0.25) is 0 Å². The van der Waals surface area contributed by atoms with Crippen LogP contribution in [0.1, 0.15) is 29.8 Å². The van der Waals surface area contributed by atoms with Crippen LogP contribution in [-0.4, -0.2) is 66.2 Å². The molecule has 1 aromatic rings. The van der Waals surface area contributed by atoms with Crippen LogP contribution in [0.4, 0.5) is 0 Å². The van der Waals surface area contributed by atoms with Crippen LogP contribution in [0.2, 0.25) is 0 Å². The van der Waals surface area contributed by atoms with Crippen molar-refractivity contribution in [1.82, 2.24) is 20.0 Å². The molecule has 0 spiro atoms. The number of hydrogen-bond acceptors (Lipinski definition) is 4. The number of guanidine groups is 1. The second kappa shape index (κ2) is 9.18. The lowest BCUT2D eigenvalue weighted by molar-refractivity contribution is -0.0817. The minimum Gasteiger partial charge on any atom is -0.375 e. The molecule has 3 heterocycles. The number of nitrogens with zero attached hydrogens (tertiary/aromatic N) is 4. The molecule has 2 atom stereocenters. The molecular formula is C17H30IN5O2. The molecule has 142 valence electrons. The number of morpholine rings is 1. The minimum atomic E-state index is 0. The number of aromatic nitrogens is 2. The van der Waals surface area contributed by atoms with Crippen molar-refractivity contribution in [3.05, 3.63) is 17.0 Å². The zero-order valence-corrected chi connectivity index (χ0v) is 17.9. The molecule has 2 aliphatic heterocycles. The average molecular weight is 463 g/mol. The van der Waals surface area contributed by atoms with Crippen molar-refractivity contribution in [2.24, 2.45) is 12.0 Å². The van der Waals surface area contributed by atoms with Crippen LogP contribution in [-0.2, 0) is 23.1 Å². The first kappa shape index (κ1) is 20.4. The maximum Gasteiger partial charge on any atom is 0.194 e. The van der Waals surface area contributed by atoms with E-state index in [0.29, 0.717) is 0 Å². The van der Waals surface area contributed by atoms with Gasteiger partial charge in [-0.25, -0.2) is 0 Å². The van der Waals surface area contributed by atoms with Crippen molar-refractivity contribution >= 4 is 29.9 Å². The van der Waals surface area contributed by atoms with Gasteiger partial charge in [-0.15, -0.1) is 24.0 Å². The SMILES string of the molecule is CN=C(NCc1c(C)nn(C)c1C)N1CCOC(C2CCCO2)C1.I. The van der Waals surface area contributed by atoms with Gasteiger partial charge in [0.15, 0.2) is 5.96 Å². The first-order valence-electron chi connectivity index (χ1n) is 8.78. The summed E-state index contributed by atoms with van der Waals surface area (Å²) < 4.78 is 13.7. The first-order valence-corrected chi connectivity index (χ1v) is 8.78. The number of nitrogens with one attached hydrogen (secondary N) is 1. The molecule has 1 N–H and O–H groups in total. The summed E-state index contributed by atoms with van der Waals surface area (Å²) in [5.74, 6) is 0.920. The quantitative estimate of drug-likeness (QED) is 0.420. The van der Waals surface area contributed by atoms with E-state index in [1.54, 1.807) is 0 Å². The third-order valence-electron chi connectivity index (χ3n) is 5.07. The van der Waals surface area contributed by atoms with Crippen LogP contribution < -0.4 is 5.32 Å². The van der Waals surface area contributed by atoms with E-state index in [-0.39, 0.29) is 36.2 Å². The van der Waals surface area contributed by atoms with Crippen molar-refractivity contribution in [2.45, 2.75) is 45.4 Å². The Morgan fingerprint density at radius 2 is 2.04 bits per heavy atom. The van der Waals surface area contributed by atoms with Gasteiger partial charge in [-0.2, -0.15) is 5.10 Å². The number of ether oxygens (including phenoxy) is 2. The highest BCUT2D eigenvalue weighted by molar-refractivity contribution is 14.0. The zero-order chi connectivity index (χ0) is 17.1. The normalized spacial score (nSPS) is 24.3. The second-order valence-corrected chi connectivity index (χ2v) is 6.58. The molecule has 1 aromatic heterocycles. The van der Waals surface area contributed by atoms with Crippen molar-refractivity contribution in [3.63, 3.8) is 0 Å². The monoisotopic (exact) mass is 463 g/mol. The lowest BCUT2D eigenvalue weighted by Gasteiger charge is -2.37. The molecule has 8 heteroatoms. The lowest BCUT2D eigenvalue weighted by atomic mass is 10.1. The van der Waals surface area contributed by atoms with E-state index in [9.17, 15) is 0 Å². The Balaban J connectivity index is 0.00000225. The number of halogens is 1. The molecular weight excluding hydrogens is 433 g/mol. The summed E-state index contributed by atoms with van der Waals surface area (Å²) in [6.07, 6.45) is 2.60. The summed E-state index contributed by atoms with van der Waals surface area (Å²) in [6, 6.07) is 0. The number of aliphatic imine (C=N–C) groups is 1. The Hall–Kier alpha value is -0.870. The molecule has 25 heavy (non-hydrogen) atoms. The fourth-order valence-electron chi connectivity index (χ4n) is 3.56. The fraction of sp³-hybridized carbons (Fsp3) is 0.765. The van der Waals surface area contributed by atoms with Crippen LogP contribution in [0.3, 0.4) is 0 Å². The van der Waals surface area contributed by atoms with E-state index < -0.39 is 0 Å². The van der Waals surface area contributed by atoms with Gasteiger partial charge in [0.05, 0.1) is 18.4 Å². The summed E-state index contributed by atoms with van der Waals surface area (Å²) >= 11 is 0. The summed E-state index contributed by atoms with van der Waals surface area (Å²) in [5, 5.41) is 7.97. The van der Waals surface area contributed by atoms with Crippen LogP contribution in [0, 0.1) is 13.8 Å². The van der Waals surface area contributed by atoms with Gasteiger partial charge in [-0.05, 0) is 26.7 Å². The molecule has 0 amide bonds. The predicted molar refractivity (Wildman–Crippen MR) is 109 cm³/mol. The highest BCUT2D eigenvalue weighted by Gasteiger charge is 2.32. The Bertz CT molecular complexity index is 598. The van der Waals surface area contributed by atoms with Gasteiger partial charge in [0, 0.05) is 51.6 Å². The Labute approximate surface area is 167 Å². The number of hydrogen-bond donors (Lipinski definition) is 1. The Morgan fingerprint density at radius 3 is 2.64 bits per heavy atom. The molecule has 2 fully saturated rings. The third-order valence-corrected chi connectivity index (χ3v) is 5.07. The van der Waals surface area contributed by atoms with Crippen molar-refractivity contribution in [3.8, 4) is 0 Å². The Morgan fingerprint density at radius 1 is 1.28 bits per heavy atom. The molecule has 2 aliphatic rings. The molecule has 3 rings (SSSR count). The van der Waals surface area contributed by atoms with Crippen molar-refractivity contribution in [1.29, 1.82) is 0 Å². The molecule has 0 aromatic carbocycles. The van der Waals surface area contributed by atoms with Gasteiger partial charge in [-0.1, -0.05) is 0 Å². The smallest absolute Gasteiger partial charge is 0.194 e. The van der Waals surface area contributed by atoms with Crippen molar-refractivity contribution in [2.75, 3.05) is 33.4 Å². The van der Waals surface area contributed by atoms with Crippen LogP contribution in [0.5, 0.6) is 0 Å². The number of aryl methyl sites for hydroxylation is 2. The van der Waals surface area contributed by atoms with E-state index >= 15 is 0 Å². The highest BCUT2D eigenvalue weighted by Crippen LogP contribution is 2.21. The summed E-state index contributed by atoms with van der Waals surface area (Å²) in [5.41, 5.74) is 3.49. The third kappa shape index (κ3) is 4.65. The van der Waals surface area contributed by atoms with E-state index in [4.69, 9.17) is 9.47 Å². The highest BCUT2D eigenvalue weighted by atomic mass is 127. The van der Waals surface area contributed by atoms with Crippen LogP contribution in [0.25, 0.3) is 0 Å². The molecule has 0 radical (unpaired) electrons. The van der Waals surface area contributed by atoms with E-state index in [1.165, 1.54) is 11.3 Å². The van der Waals surface area contributed by atoms with Gasteiger partial charge >= 0.3 is 0 Å². The van der Waals surface area contributed by atoms with Crippen molar-refractivity contribution < 1.29 is 9.47 Å². The zero-order valence-electron chi connectivity index (χ0n) is 15.6. The van der Waals surface area contributed by atoms with Crippen LogP contribution in [0.15, 0.2) is 4.99 Å². The van der Waals surface area contributed by atoms with E-state index in [2.05, 4.69) is 34.2 Å². The topological polar surface area (TPSA) is 63.9 Å². The maximum absolute atomic E-state index is 5.93. The predicted octanol–water partition coefficient (Wildman–Crippen LogP) is 1.61. The molecule has 2 unspecified atom stereocenters. The maximum atomic E-state index is 5.93. The summed E-state index contributed by atoms with van der Waals surface area (Å²) in [4.78, 5) is 6.74. The van der Waals surface area contributed by atoms with Crippen LogP contribution >= 0.6 is 24.0 Å². The molecule has 0 bridgehead atoms. The standard InChI is InChI=1S/C17H29N5O2.HI/c1-12-14(13(2)21(4)20-12)10-19-17(18-3)22-7-9-24-16(11-22)15-6-5-8-23-15;/h15-16H,5-11H2,1-4H3,(H,18,19);1H. The number of rotatable bonds is 3. The Kier molecular flexibility index (Phi) is 7.51. The van der Waals surface area contributed by atoms with E-state index in [0.717, 1.165) is 57.3 Å². The minimum absolute atomic E-state index is 0. The molecule has 0 aliphatic carbocycles.